The van der Waals surface area contributed by atoms with Gasteiger partial charge >= 0.3 is 12.0 Å². The van der Waals surface area contributed by atoms with E-state index in [0.29, 0.717) is 23.9 Å². The molecule has 1 rings (SSSR count). The molecule has 0 aromatic heterocycles. The van der Waals surface area contributed by atoms with Gasteiger partial charge in [0.25, 0.3) is 0 Å². The molecular weight excluding hydrogens is 264 g/mol. The third-order valence-electron chi connectivity index (χ3n) is 2.34. The molecule has 0 unspecified atom stereocenters. The molecular formula is C9H13BrN2O3. The highest BCUT2D eigenvalue weighted by molar-refractivity contribution is 9.11. The topological polar surface area (TPSA) is 78.4 Å². The predicted octanol–water partition coefficient (Wildman–Crippen LogP) is 1.06. The monoisotopic (exact) mass is 276 g/mol. The fourth-order valence-electron chi connectivity index (χ4n) is 1.11. The van der Waals surface area contributed by atoms with Crippen molar-refractivity contribution in [2.75, 3.05) is 13.1 Å². The molecule has 3 N–H and O–H groups in total. The minimum absolute atomic E-state index is 0.183. The maximum atomic E-state index is 11.2. The number of hydrogen-bond acceptors (Lipinski definition) is 2. The minimum Gasteiger partial charge on any atom is -0.481 e. The largest absolute Gasteiger partial charge is 0.481 e. The Bertz CT molecular complexity index is 300. The van der Waals surface area contributed by atoms with Crippen molar-refractivity contribution < 1.29 is 14.7 Å². The number of carboxylic acids is 1. The molecule has 0 bridgehead atoms. The van der Waals surface area contributed by atoms with Gasteiger partial charge in [-0.1, -0.05) is 22.5 Å². The van der Waals surface area contributed by atoms with Crippen molar-refractivity contribution in [2.24, 2.45) is 5.41 Å². The second kappa shape index (κ2) is 4.65. The Morgan fingerprint density at radius 3 is 2.40 bits per heavy atom. The zero-order chi connectivity index (χ0) is 11.5. The zero-order valence-corrected chi connectivity index (χ0v) is 9.76. The molecule has 6 heteroatoms. The van der Waals surface area contributed by atoms with Crippen LogP contribution < -0.4 is 10.6 Å². The first-order chi connectivity index (χ1) is 6.96. The summed E-state index contributed by atoms with van der Waals surface area (Å²) in [5.74, 6) is -0.840. The molecule has 0 saturated heterocycles. The van der Waals surface area contributed by atoms with Crippen LogP contribution in [0.15, 0.2) is 11.1 Å². The number of nitrogens with one attached hydrogen (secondary N) is 2. The molecule has 1 aliphatic carbocycles. The Hall–Kier alpha value is -1.04. The van der Waals surface area contributed by atoms with E-state index < -0.39 is 11.4 Å². The van der Waals surface area contributed by atoms with Gasteiger partial charge in [0.05, 0.1) is 12.0 Å². The van der Waals surface area contributed by atoms with Crippen LogP contribution in [0, 0.1) is 5.41 Å². The van der Waals surface area contributed by atoms with Crippen LogP contribution in [0.3, 0.4) is 0 Å². The van der Waals surface area contributed by atoms with Crippen LogP contribution in [0.2, 0.25) is 0 Å². The molecule has 0 aliphatic heterocycles. The maximum absolute atomic E-state index is 11.2. The van der Waals surface area contributed by atoms with Crippen LogP contribution in [-0.4, -0.2) is 30.2 Å². The number of hydrogen-bond donors (Lipinski definition) is 3. The molecule has 0 spiro atoms. The van der Waals surface area contributed by atoms with Gasteiger partial charge in [0.2, 0.25) is 0 Å². The molecule has 0 atom stereocenters. The Morgan fingerprint density at radius 1 is 1.40 bits per heavy atom. The molecule has 0 aromatic carbocycles. The summed E-state index contributed by atoms with van der Waals surface area (Å²) in [6, 6.07) is -0.372. The highest BCUT2D eigenvalue weighted by atomic mass is 79.9. The van der Waals surface area contributed by atoms with Crippen LogP contribution in [-0.2, 0) is 4.79 Å². The number of carboxylic acid groups (broad SMARTS) is 1. The Kier molecular flexibility index (Phi) is 3.73. The predicted molar refractivity (Wildman–Crippen MR) is 58.8 cm³/mol. The molecule has 2 amide bonds. The third kappa shape index (κ3) is 3.54. The van der Waals surface area contributed by atoms with Gasteiger partial charge in [-0.2, -0.15) is 0 Å². The lowest BCUT2D eigenvalue weighted by molar-refractivity contribution is -0.143. The van der Waals surface area contributed by atoms with Gasteiger partial charge in [0.1, 0.15) is 0 Å². The highest BCUT2D eigenvalue weighted by Gasteiger charge is 2.50. The fraction of sp³-hybridized carbons (Fsp3) is 0.556. The van der Waals surface area contributed by atoms with Crippen molar-refractivity contribution >= 4 is 27.9 Å². The molecule has 1 aliphatic rings. The summed E-state index contributed by atoms with van der Waals surface area (Å²) in [6.07, 6.45) is 1.27. The summed E-state index contributed by atoms with van der Waals surface area (Å²) in [6.45, 7) is 4.07. The second-order valence-electron chi connectivity index (χ2n) is 3.64. The van der Waals surface area contributed by atoms with Crippen LogP contribution in [0.5, 0.6) is 0 Å². The van der Waals surface area contributed by atoms with Crippen LogP contribution in [0.4, 0.5) is 4.79 Å². The average molecular weight is 277 g/mol. The number of urea groups is 1. The van der Waals surface area contributed by atoms with Gasteiger partial charge in [-0.05, 0) is 12.8 Å². The molecule has 0 aromatic rings. The summed E-state index contributed by atoms with van der Waals surface area (Å²) in [4.78, 5) is 21.9. The Balaban J connectivity index is 2.23. The van der Waals surface area contributed by atoms with E-state index in [-0.39, 0.29) is 12.6 Å². The van der Waals surface area contributed by atoms with Crippen molar-refractivity contribution in [3.63, 3.8) is 0 Å². The number of halogens is 1. The van der Waals surface area contributed by atoms with E-state index >= 15 is 0 Å². The lowest BCUT2D eigenvalue weighted by Gasteiger charge is -2.11. The standard InChI is InChI=1S/C9H13BrN2O3/c1-6(10)4-11-8(15)12-5-9(2-3-9)7(13)14/h1-5H2,(H,13,14)(H2,11,12,15). The lowest BCUT2D eigenvalue weighted by Crippen LogP contribution is -2.41. The van der Waals surface area contributed by atoms with Gasteiger partial charge < -0.3 is 15.7 Å². The zero-order valence-electron chi connectivity index (χ0n) is 8.18. The highest BCUT2D eigenvalue weighted by Crippen LogP contribution is 2.45. The number of aliphatic carboxylic acids is 1. The maximum Gasteiger partial charge on any atom is 0.315 e. The normalized spacial score (nSPS) is 16.6. The minimum atomic E-state index is -0.840. The second-order valence-corrected chi connectivity index (χ2v) is 4.76. The number of amides is 2. The number of carbonyl (C=O) groups excluding carboxylic acids is 1. The van der Waals surface area contributed by atoms with E-state index in [4.69, 9.17) is 5.11 Å². The average Bonchev–Trinajstić information content (AvgIpc) is 2.92. The van der Waals surface area contributed by atoms with E-state index in [1.165, 1.54) is 0 Å². The first-order valence-corrected chi connectivity index (χ1v) is 5.34. The number of carbonyl (C=O) groups is 2. The van der Waals surface area contributed by atoms with Crippen molar-refractivity contribution in [3.05, 3.63) is 11.1 Å². The molecule has 0 radical (unpaired) electrons. The molecule has 84 valence electrons. The van der Waals surface area contributed by atoms with E-state index in [2.05, 4.69) is 33.1 Å². The molecule has 0 heterocycles. The van der Waals surface area contributed by atoms with Gasteiger partial charge in [-0.3, -0.25) is 4.79 Å². The van der Waals surface area contributed by atoms with Crippen LogP contribution >= 0.6 is 15.9 Å². The van der Waals surface area contributed by atoms with Gasteiger partial charge in [0.15, 0.2) is 0 Å². The summed E-state index contributed by atoms with van der Waals surface area (Å²) < 4.78 is 0.664. The Morgan fingerprint density at radius 2 is 2.00 bits per heavy atom. The molecule has 1 fully saturated rings. The first kappa shape index (κ1) is 12.0. The summed E-state index contributed by atoms with van der Waals surface area (Å²) in [5.41, 5.74) is -0.719. The molecule has 15 heavy (non-hydrogen) atoms. The van der Waals surface area contributed by atoms with E-state index in [9.17, 15) is 9.59 Å². The van der Waals surface area contributed by atoms with Crippen LogP contribution in [0.25, 0.3) is 0 Å². The summed E-state index contributed by atoms with van der Waals surface area (Å²) in [5, 5.41) is 13.9. The quantitative estimate of drug-likeness (QED) is 0.703. The SMILES string of the molecule is C=C(Br)CNC(=O)NCC1(C(=O)O)CC1. The Labute approximate surface area is 96.0 Å². The van der Waals surface area contributed by atoms with E-state index in [1.54, 1.807) is 0 Å². The van der Waals surface area contributed by atoms with Crippen molar-refractivity contribution in [1.82, 2.24) is 10.6 Å². The van der Waals surface area contributed by atoms with Crippen LogP contribution in [0.1, 0.15) is 12.8 Å². The fourth-order valence-corrected chi connectivity index (χ4v) is 1.25. The van der Waals surface area contributed by atoms with Crippen molar-refractivity contribution in [3.8, 4) is 0 Å². The van der Waals surface area contributed by atoms with Gasteiger partial charge in [-0.15, -0.1) is 0 Å². The van der Waals surface area contributed by atoms with E-state index in [1.807, 2.05) is 0 Å². The lowest BCUT2D eigenvalue weighted by atomic mass is 10.1. The van der Waals surface area contributed by atoms with Crippen molar-refractivity contribution in [1.29, 1.82) is 0 Å². The molecule has 5 nitrogen and oxygen atoms in total. The van der Waals surface area contributed by atoms with Gasteiger partial charge in [-0.25, -0.2) is 4.79 Å². The third-order valence-corrected chi connectivity index (χ3v) is 2.62. The smallest absolute Gasteiger partial charge is 0.315 e. The molecule has 1 saturated carbocycles. The number of rotatable bonds is 5. The summed E-state index contributed by atoms with van der Waals surface area (Å²) in [7, 11) is 0. The summed E-state index contributed by atoms with van der Waals surface area (Å²) >= 11 is 3.10. The van der Waals surface area contributed by atoms with Gasteiger partial charge in [0, 0.05) is 11.0 Å². The first-order valence-electron chi connectivity index (χ1n) is 4.55. The van der Waals surface area contributed by atoms with Crippen molar-refractivity contribution in [2.45, 2.75) is 12.8 Å². The van der Waals surface area contributed by atoms with E-state index in [0.717, 1.165) is 0 Å².